The number of rotatable bonds is 10. The van der Waals surface area contributed by atoms with Gasteiger partial charge in [-0.3, -0.25) is 9.55 Å². The van der Waals surface area contributed by atoms with Crippen molar-refractivity contribution in [2.75, 3.05) is 6.54 Å². The number of aromatic hydroxyl groups is 1. The van der Waals surface area contributed by atoms with Crippen LogP contribution in [0.25, 0.3) is 0 Å². The number of ether oxygens (including phenoxy) is 1. The Morgan fingerprint density at radius 1 is 1.18 bits per heavy atom. The first-order chi connectivity index (χ1) is 15.7. The smallest absolute Gasteiger partial charge is 0.268 e. The molecule has 0 saturated heterocycles. The number of phenols is 1. The number of aryl methyl sites for hydroxylation is 1. The largest absolute Gasteiger partial charge is 0.508 e. The summed E-state index contributed by atoms with van der Waals surface area (Å²) in [5, 5.41) is 21.5. The fourth-order valence-corrected chi connectivity index (χ4v) is 4.20. The zero-order chi connectivity index (χ0) is 23.8. The predicted molar refractivity (Wildman–Crippen MR) is 126 cm³/mol. The Hall–Kier alpha value is -3.08. The number of guanidine groups is 1. The van der Waals surface area contributed by atoms with E-state index in [4.69, 9.17) is 10.5 Å². The third kappa shape index (κ3) is 7.77. The zero-order valence-electron chi connectivity index (χ0n) is 18.0. The molecule has 2 aromatic rings. The van der Waals surface area contributed by atoms with Gasteiger partial charge in [-0.15, -0.1) is 0 Å². The topological polar surface area (TPSA) is 154 Å². The van der Waals surface area contributed by atoms with Gasteiger partial charge in [0.25, 0.3) is 10.1 Å². The first kappa shape index (κ1) is 24.6. The van der Waals surface area contributed by atoms with Gasteiger partial charge in [0.15, 0.2) is 12.2 Å². The molecule has 0 aromatic heterocycles. The van der Waals surface area contributed by atoms with E-state index in [-0.39, 0.29) is 24.8 Å². The molecule has 1 aliphatic rings. The first-order valence-corrected chi connectivity index (χ1v) is 12.1. The highest BCUT2D eigenvalue weighted by Gasteiger charge is 2.22. The van der Waals surface area contributed by atoms with Crippen molar-refractivity contribution in [3.8, 4) is 11.5 Å². The van der Waals surface area contributed by atoms with Crippen molar-refractivity contribution in [1.82, 2.24) is 5.32 Å². The molecule has 1 aliphatic heterocycles. The quantitative estimate of drug-likeness (QED) is 0.259. The molecule has 0 spiro atoms. The summed E-state index contributed by atoms with van der Waals surface area (Å²) >= 11 is 0. The van der Waals surface area contributed by atoms with Crippen LogP contribution in [0.3, 0.4) is 0 Å². The first-order valence-electron chi connectivity index (χ1n) is 10.6. The van der Waals surface area contributed by atoms with E-state index in [0.717, 1.165) is 5.56 Å². The maximum atomic E-state index is 11.8. The SMILES string of the molecule is NC1=NCC[C@H](Oc2ccc(CC[C@H](C/C=C/[C@@H](O)c3ccc(O)cc3)S(=O)(=O)O)cc2)N1. The Bertz CT molecular complexity index is 1070. The minimum Gasteiger partial charge on any atom is -0.508 e. The van der Waals surface area contributed by atoms with Gasteiger partial charge < -0.3 is 26.0 Å². The van der Waals surface area contributed by atoms with E-state index in [0.29, 0.717) is 36.7 Å². The van der Waals surface area contributed by atoms with Crippen LogP contribution in [0.15, 0.2) is 65.7 Å². The van der Waals surface area contributed by atoms with Crippen LogP contribution < -0.4 is 15.8 Å². The number of benzene rings is 2. The van der Waals surface area contributed by atoms with E-state index < -0.39 is 21.5 Å². The second-order valence-corrected chi connectivity index (χ2v) is 9.52. The molecule has 0 amide bonds. The van der Waals surface area contributed by atoms with Gasteiger partial charge in [0.1, 0.15) is 11.5 Å². The summed E-state index contributed by atoms with van der Waals surface area (Å²) in [7, 11) is -4.26. The summed E-state index contributed by atoms with van der Waals surface area (Å²) in [6.07, 6.45) is 3.24. The fourth-order valence-electron chi connectivity index (χ4n) is 3.43. The highest BCUT2D eigenvalue weighted by atomic mass is 32.2. The number of hydrogen-bond donors (Lipinski definition) is 5. The molecule has 0 aliphatic carbocycles. The van der Waals surface area contributed by atoms with E-state index in [1.165, 1.54) is 18.2 Å². The summed E-state index contributed by atoms with van der Waals surface area (Å²) in [5.74, 6) is 1.10. The van der Waals surface area contributed by atoms with Crippen molar-refractivity contribution in [3.63, 3.8) is 0 Å². The molecular weight excluding hydrogens is 446 g/mol. The average Bonchev–Trinajstić information content (AvgIpc) is 2.76. The number of nitrogens with one attached hydrogen (secondary N) is 1. The van der Waals surface area contributed by atoms with Crippen LogP contribution in [0, 0.1) is 0 Å². The Labute approximate surface area is 193 Å². The highest BCUT2D eigenvalue weighted by molar-refractivity contribution is 7.86. The van der Waals surface area contributed by atoms with Gasteiger partial charge in [-0.1, -0.05) is 36.4 Å². The monoisotopic (exact) mass is 475 g/mol. The average molecular weight is 476 g/mol. The van der Waals surface area contributed by atoms with Gasteiger partial charge in [-0.05, 0) is 54.7 Å². The van der Waals surface area contributed by atoms with Crippen molar-refractivity contribution in [3.05, 3.63) is 71.8 Å². The Morgan fingerprint density at radius 2 is 1.88 bits per heavy atom. The normalized spacial score (nSPS) is 18.4. The molecule has 1 heterocycles. The summed E-state index contributed by atoms with van der Waals surface area (Å²) in [4.78, 5) is 4.05. The van der Waals surface area contributed by atoms with E-state index in [1.807, 2.05) is 12.1 Å². The molecule has 3 atom stereocenters. The number of phenolic OH excluding ortho intramolecular Hbond substituents is 1. The van der Waals surface area contributed by atoms with Crippen LogP contribution in [-0.2, 0) is 16.5 Å². The van der Waals surface area contributed by atoms with E-state index in [2.05, 4.69) is 10.3 Å². The Morgan fingerprint density at radius 3 is 2.52 bits per heavy atom. The lowest BCUT2D eigenvalue weighted by Crippen LogP contribution is -2.46. The Balaban J connectivity index is 1.53. The molecule has 0 radical (unpaired) electrons. The standard InChI is InChI=1S/C23H29N3O6S/c24-23-25-15-14-22(26-23)32-19-11-4-16(5-12-19)6-13-20(33(29,30)31)2-1-3-21(28)17-7-9-18(27)10-8-17/h1,3-5,7-12,20-22,27-28H,2,6,13-15H2,(H3,24,25,26)(H,29,30,31)/b3-1+/t20-,21+,22-/m0/s1. The fraction of sp³-hybridized carbons (Fsp3) is 0.348. The molecule has 0 saturated carbocycles. The second kappa shape index (κ2) is 11.2. The zero-order valence-corrected chi connectivity index (χ0v) is 18.9. The molecule has 33 heavy (non-hydrogen) atoms. The molecule has 0 bridgehead atoms. The van der Waals surface area contributed by atoms with E-state index >= 15 is 0 Å². The van der Waals surface area contributed by atoms with Crippen molar-refractivity contribution < 1.29 is 27.9 Å². The minimum atomic E-state index is -4.26. The van der Waals surface area contributed by atoms with Gasteiger partial charge in [-0.25, -0.2) is 0 Å². The number of aliphatic hydroxyl groups is 1. The van der Waals surface area contributed by atoms with E-state index in [9.17, 15) is 23.2 Å². The molecule has 3 rings (SSSR count). The maximum Gasteiger partial charge on any atom is 0.268 e. The molecule has 6 N–H and O–H groups in total. The summed E-state index contributed by atoms with van der Waals surface area (Å²) in [5.41, 5.74) is 7.12. The van der Waals surface area contributed by atoms with Gasteiger partial charge in [0.05, 0.1) is 11.4 Å². The lowest BCUT2D eigenvalue weighted by molar-refractivity contribution is 0.173. The number of allylic oxidation sites excluding steroid dienone is 1. The molecule has 9 nitrogen and oxygen atoms in total. The number of nitrogens with two attached hydrogens (primary N) is 1. The van der Waals surface area contributed by atoms with Crippen molar-refractivity contribution >= 4 is 16.1 Å². The van der Waals surface area contributed by atoms with Gasteiger partial charge in [0.2, 0.25) is 0 Å². The van der Waals surface area contributed by atoms with Crippen LogP contribution in [0.5, 0.6) is 11.5 Å². The molecule has 178 valence electrons. The van der Waals surface area contributed by atoms with Gasteiger partial charge in [-0.2, -0.15) is 8.42 Å². The second-order valence-electron chi connectivity index (χ2n) is 7.83. The van der Waals surface area contributed by atoms with Crippen LogP contribution in [-0.4, -0.2) is 47.2 Å². The molecular formula is C23H29N3O6S. The number of aliphatic imine (C=N–C) groups is 1. The lowest BCUT2D eigenvalue weighted by atomic mass is 10.1. The molecule has 0 fully saturated rings. The predicted octanol–water partition coefficient (Wildman–Crippen LogP) is 2.27. The molecule has 10 heteroatoms. The van der Waals surface area contributed by atoms with Crippen molar-refractivity contribution in [1.29, 1.82) is 0 Å². The molecule has 0 unspecified atom stereocenters. The third-order valence-electron chi connectivity index (χ3n) is 5.31. The summed E-state index contributed by atoms with van der Waals surface area (Å²) < 4.78 is 39.1. The van der Waals surface area contributed by atoms with Crippen LogP contribution in [0.2, 0.25) is 0 Å². The number of hydrogen-bond acceptors (Lipinski definition) is 8. The van der Waals surface area contributed by atoms with Crippen LogP contribution in [0.4, 0.5) is 0 Å². The number of aliphatic hydroxyl groups excluding tert-OH is 1. The summed E-state index contributed by atoms with van der Waals surface area (Å²) in [6.45, 7) is 0.596. The van der Waals surface area contributed by atoms with Gasteiger partial charge >= 0.3 is 0 Å². The van der Waals surface area contributed by atoms with Crippen molar-refractivity contribution in [2.24, 2.45) is 10.7 Å². The highest BCUT2D eigenvalue weighted by Crippen LogP contribution is 2.21. The third-order valence-corrected chi connectivity index (χ3v) is 6.58. The van der Waals surface area contributed by atoms with Crippen LogP contribution in [0.1, 0.15) is 36.5 Å². The number of nitrogens with zero attached hydrogens (tertiary/aromatic N) is 1. The van der Waals surface area contributed by atoms with Gasteiger partial charge in [0, 0.05) is 13.0 Å². The minimum absolute atomic E-state index is 0.0610. The molecule has 2 aromatic carbocycles. The van der Waals surface area contributed by atoms with Crippen LogP contribution >= 0.6 is 0 Å². The Kier molecular flexibility index (Phi) is 8.32. The van der Waals surface area contributed by atoms with Crippen molar-refractivity contribution in [2.45, 2.75) is 43.3 Å². The maximum absolute atomic E-state index is 11.8. The van der Waals surface area contributed by atoms with E-state index in [1.54, 1.807) is 30.3 Å². The summed E-state index contributed by atoms with van der Waals surface area (Å²) in [6, 6.07) is 13.4. The lowest BCUT2D eigenvalue weighted by Gasteiger charge is -2.23.